The van der Waals surface area contributed by atoms with Crippen molar-refractivity contribution < 1.29 is 14.4 Å². The summed E-state index contributed by atoms with van der Waals surface area (Å²) in [4.78, 5) is 28.6. The molecule has 0 aliphatic rings. The number of hydrogen-bond donors (Lipinski definition) is 4. The van der Waals surface area contributed by atoms with Gasteiger partial charge in [-0.3, -0.25) is 4.57 Å². The molecule has 0 saturated carbocycles. The molecule has 2 heterocycles. The molecule has 0 aliphatic heterocycles. The average molecular weight is 394 g/mol. The van der Waals surface area contributed by atoms with Crippen molar-refractivity contribution in [1.82, 2.24) is 15.0 Å². The SMILES string of the molecule is O=P(O)(O)CSc1nc2cc(-c3ccc4[nH]ccc4c3)c(Cl)cc2[nH]1. The quantitative estimate of drug-likeness (QED) is 0.300. The maximum Gasteiger partial charge on any atom is 0.335 e. The Morgan fingerprint density at radius 3 is 2.80 bits per heavy atom. The molecular formula is C16H13ClN3O3PS. The third-order valence-electron chi connectivity index (χ3n) is 3.78. The Morgan fingerprint density at radius 2 is 2.00 bits per heavy atom. The van der Waals surface area contributed by atoms with E-state index in [1.54, 1.807) is 6.07 Å². The minimum Gasteiger partial charge on any atom is -0.361 e. The third kappa shape index (κ3) is 3.47. The first-order valence-corrected chi connectivity index (χ1v) is 10.5. The van der Waals surface area contributed by atoms with Gasteiger partial charge >= 0.3 is 7.60 Å². The highest BCUT2D eigenvalue weighted by Gasteiger charge is 2.16. The van der Waals surface area contributed by atoms with E-state index in [0.29, 0.717) is 15.7 Å². The lowest BCUT2D eigenvalue weighted by Gasteiger charge is -2.05. The summed E-state index contributed by atoms with van der Waals surface area (Å²) in [6.07, 6.45) is 1.89. The monoisotopic (exact) mass is 393 g/mol. The van der Waals surface area contributed by atoms with E-state index in [2.05, 4.69) is 21.0 Å². The summed E-state index contributed by atoms with van der Waals surface area (Å²) in [6, 6.07) is 11.7. The van der Waals surface area contributed by atoms with Crippen LogP contribution >= 0.6 is 31.0 Å². The molecule has 4 rings (SSSR count). The first-order valence-electron chi connectivity index (χ1n) is 7.33. The normalized spacial score (nSPS) is 12.3. The van der Waals surface area contributed by atoms with E-state index in [-0.39, 0.29) is 5.49 Å². The van der Waals surface area contributed by atoms with Crippen molar-refractivity contribution in [3.63, 3.8) is 0 Å². The lowest BCUT2D eigenvalue weighted by molar-refractivity contribution is 0.379. The number of thioether (sulfide) groups is 1. The molecule has 0 atom stereocenters. The Kier molecular flexibility index (Phi) is 4.14. The lowest BCUT2D eigenvalue weighted by Crippen LogP contribution is -1.83. The number of nitrogens with zero attached hydrogens (tertiary/aromatic N) is 1. The van der Waals surface area contributed by atoms with Crippen molar-refractivity contribution >= 4 is 52.9 Å². The van der Waals surface area contributed by atoms with Crippen molar-refractivity contribution in [3.05, 3.63) is 47.6 Å². The average Bonchev–Trinajstić information content (AvgIpc) is 3.16. The molecule has 0 spiro atoms. The van der Waals surface area contributed by atoms with Gasteiger partial charge in [0.1, 0.15) is 5.49 Å². The molecule has 0 saturated heterocycles. The van der Waals surface area contributed by atoms with Gasteiger partial charge in [-0.2, -0.15) is 0 Å². The van der Waals surface area contributed by atoms with Gasteiger partial charge in [0, 0.05) is 17.3 Å². The van der Waals surface area contributed by atoms with Crippen LogP contribution in [0.25, 0.3) is 33.1 Å². The Hall–Kier alpha value is -1.76. The summed E-state index contributed by atoms with van der Waals surface area (Å²) in [5.41, 5.74) is 3.99. The maximum absolute atomic E-state index is 11.0. The van der Waals surface area contributed by atoms with Crippen LogP contribution in [0.15, 0.2) is 47.8 Å². The first kappa shape index (κ1) is 16.7. The fraction of sp³-hybridized carbons (Fsp3) is 0.0625. The van der Waals surface area contributed by atoms with Crippen LogP contribution in [0.4, 0.5) is 0 Å². The Bertz CT molecular complexity index is 1130. The standard InChI is InChI=1S/C16H13ClN3O3PS/c17-12-7-15-14(19-16(20-15)25-8-24(21,22)23)6-11(12)9-1-2-13-10(5-9)3-4-18-13/h1-7,18H,8H2,(H,19,20)(H2,21,22,23). The number of aromatic nitrogens is 3. The third-order valence-corrected chi connectivity index (χ3v) is 6.42. The minimum absolute atomic E-state index is 0.322. The van der Waals surface area contributed by atoms with Crippen LogP contribution in [0.2, 0.25) is 5.02 Å². The van der Waals surface area contributed by atoms with Crippen molar-refractivity contribution in [3.8, 4) is 11.1 Å². The molecule has 0 radical (unpaired) electrons. The van der Waals surface area contributed by atoms with E-state index < -0.39 is 7.60 Å². The van der Waals surface area contributed by atoms with Gasteiger partial charge in [0.15, 0.2) is 5.16 Å². The predicted molar refractivity (Wildman–Crippen MR) is 101 cm³/mol. The van der Waals surface area contributed by atoms with Crippen LogP contribution in [0, 0.1) is 0 Å². The number of aromatic amines is 2. The summed E-state index contributed by atoms with van der Waals surface area (Å²) < 4.78 is 11.0. The van der Waals surface area contributed by atoms with Gasteiger partial charge in [-0.05, 0) is 41.3 Å². The van der Waals surface area contributed by atoms with Crippen molar-refractivity contribution in [2.24, 2.45) is 0 Å². The van der Waals surface area contributed by atoms with Gasteiger partial charge in [-0.1, -0.05) is 29.4 Å². The van der Waals surface area contributed by atoms with Crippen LogP contribution < -0.4 is 0 Å². The number of rotatable bonds is 4. The van der Waals surface area contributed by atoms with Crippen molar-refractivity contribution in [2.75, 3.05) is 5.49 Å². The number of H-pyrrole nitrogens is 2. The highest BCUT2D eigenvalue weighted by molar-refractivity contribution is 8.04. The zero-order valence-electron chi connectivity index (χ0n) is 12.7. The van der Waals surface area contributed by atoms with Crippen LogP contribution in [0.1, 0.15) is 0 Å². The van der Waals surface area contributed by atoms with Gasteiger partial charge in [-0.25, -0.2) is 4.98 Å². The molecule has 2 aromatic carbocycles. The smallest absolute Gasteiger partial charge is 0.335 e. The molecule has 6 nitrogen and oxygen atoms in total. The number of nitrogens with one attached hydrogen (secondary N) is 2. The van der Waals surface area contributed by atoms with Crippen LogP contribution in [0.3, 0.4) is 0 Å². The molecule has 2 aromatic heterocycles. The predicted octanol–water partition coefficient (Wildman–Crippen LogP) is 4.59. The molecule has 25 heavy (non-hydrogen) atoms. The fourth-order valence-corrected chi connectivity index (χ4v) is 4.44. The van der Waals surface area contributed by atoms with E-state index in [1.165, 1.54) is 0 Å². The summed E-state index contributed by atoms with van der Waals surface area (Å²) in [5.74, 6) is 0. The lowest BCUT2D eigenvalue weighted by atomic mass is 10.0. The maximum atomic E-state index is 11.0. The minimum atomic E-state index is -4.08. The van der Waals surface area contributed by atoms with E-state index in [4.69, 9.17) is 21.4 Å². The highest BCUT2D eigenvalue weighted by atomic mass is 35.5. The van der Waals surface area contributed by atoms with Crippen LogP contribution in [-0.2, 0) is 4.57 Å². The molecule has 0 unspecified atom stereocenters. The topological polar surface area (TPSA) is 102 Å². The van der Waals surface area contributed by atoms with Gasteiger partial charge in [0.25, 0.3) is 0 Å². The molecule has 0 fully saturated rings. The molecule has 128 valence electrons. The number of fused-ring (bicyclic) bond motifs is 2. The van der Waals surface area contributed by atoms with Crippen molar-refractivity contribution in [2.45, 2.75) is 5.16 Å². The molecule has 4 N–H and O–H groups in total. The van der Waals surface area contributed by atoms with E-state index in [0.717, 1.165) is 39.3 Å². The van der Waals surface area contributed by atoms with E-state index in [9.17, 15) is 4.57 Å². The summed E-state index contributed by atoms with van der Waals surface area (Å²) >= 11 is 7.42. The number of benzene rings is 2. The molecule has 4 aromatic rings. The highest BCUT2D eigenvalue weighted by Crippen LogP contribution is 2.41. The Balaban J connectivity index is 1.74. The molecule has 0 bridgehead atoms. The largest absolute Gasteiger partial charge is 0.361 e. The van der Waals surface area contributed by atoms with Crippen molar-refractivity contribution in [1.29, 1.82) is 0 Å². The second-order valence-corrected chi connectivity index (χ2v) is 9.05. The van der Waals surface area contributed by atoms with Crippen LogP contribution in [-0.4, -0.2) is 30.2 Å². The Labute approximate surface area is 151 Å². The molecular weight excluding hydrogens is 381 g/mol. The number of hydrogen-bond acceptors (Lipinski definition) is 3. The zero-order valence-corrected chi connectivity index (χ0v) is 15.2. The second kappa shape index (κ2) is 6.20. The molecule has 0 aliphatic carbocycles. The zero-order chi connectivity index (χ0) is 17.6. The Morgan fingerprint density at radius 1 is 1.16 bits per heavy atom. The van der Waals surface area contributed by atoms with E-state index in [1.807, 2.05) is 30.5 Å². The van der Waals surface area contributed by atoms with Gasteiger partial charge in [-0.15, -0.1) is 0 Å². The number of imidazole rings is 1. The van der Waals surface area contributed by atoms with Crippen LogP contribution in [0.5, 0.6) is 0 Å². The van der Waals surface area contributed by atoms with E-state index >= 15 is 0 Å². The first-order chi connectivity index (χ1) is 11.9. The van der Waals surface area contributed by atoms with Gasteiger partial charge in [0.2, 0.25) is 0 Å². The summed E-state index contributed by atoms with van der Waals surface area (Å²) in [7, 11) is -4.08. The fourth-order valence-electron chi connectivity index (χ4n) is 2.66. The summed E-state index contributed by atoms with van der Waals surface area (Å²) in [6.45, 7) is 0. The summed E-state index contributed by atoms with van der Waals surface area (Å²) in [5, 5.41) is 2.12. The second-order valence-electron chi connectivity index (χ2n) is 5.61. The van der Waals surface area contributed by atoms with Gasteiger partial charge in [0.05, 0.1) is 16.1 Å². The molecule has 0 amide bonds. The number of halogens is 1. The molecule has 9 heteroatoms. The van der Waals surface area contributed by atoms with Gasteiger partial charge < -0.3 is 19.8 Å².